The summed E-state index contributed by atoms with van der Waals surface area (Å²) in [6.45, 7) is 6.09. The van der Waals surface area contributed by atoms with Gasteiger partial charge < -0.3 is 36.4 Å². The van der Waals surface area contributed by atoms with Gasteiger partial charge in [-0.15, -0.1) is 0 Å². The van der Waals surface area contributed by atoms with E-state index in [4.69, 9.17) is 9.97 Å². The summed E-state index contributed by atoms with van der Waals surface area (Å²) < 4.78 is 0. The maximum atomic E-state index is 13.2. The summed E-state index contributed by atoms with van der Waals surface area (Å²) in [5, 5.41) is 21.1. The average Bonchev–Trinajstić information content (AvgIpc) is 3.17. The van der Waals surface area contributed by atoms with E-state index >= 15 is 0 Å². The summed E-state index contributed by atoms with van der Waals surface area (Å²) in [6.07, 6.45) is 2.97. The van der Waals surface area contributed by atoms with E-state index in [0.717, 1.165) is 102 Å². The molecule has 0 saturated carbocycles. The first-order chi connectivity index (χ1) is 26.3. The molecule has 6 rings (SSSR count). The highest BCUT2D eigenvalue weighted by Gasteiger charge is 2.17. The zero-order valence-corrected chi connectivity index (χ0v) is 32.0. The van der Waals surface area contributed by atoms with Crippen LogP contribution in [0.4, 0.5) is 11.4 Å². The topological polar surface area (TPSA) is 127 Å². The number of pyridine rings is 2. The molecular formula is C43H53N9O2. The number of carbonyl (C=O) groups excluding carboxylic acids is 2. The van der Waals surface area contributed by atoms with E-state index in [2.05, 4.69) is 38.7 Å². The van der Waals surface area contributed by atoms with Gasteiger partial charge >= 0.3 is 0 Å². The molecule has 6 aromatic rings. The van der Waals surface area contributed by atoms with Crippen LogP contribution in [-0.4, -0.2) is 112 Å². The minimum atomic E-state index is -0.108. The Balaban J connectivity index is 1.01. The van der Waals surface area contributed by atoms with Crippen molar-refractivity contribution in [3.63, 3.8) is 0 Å². The Kier molecular flexibility index (Phi) is 13.2. The van der Waals surface area contributed by atoms with Gasteiger partial charge in [0, 0.05) is 60.8 Å². The van der Waals surface area contributed by atoms with Gasteiger partial charge in [-0.2, -0.15) is 0 Å². The molecule has 2 amide bonds. The standard InChI is InChI=1S/C43H53N9O2/c1-51(2)28-26-47-42(53)34-18-11-16-32-38(30-14-5-7-20-36(30)49-40(32)34)45-24-10-9-22-44-23-13-25-46-39-31-15-6-8-21-37(31)50-41-33(39)17-12-19-35(41)43(54)48-27-29-52(3)4/h5-8,11-12,14-21,44H,9-10,13,22-29H2,1-4H3,(H,45,49)(H,46,50)(H,47,53)(H,48,54). The first-order valence-electron chi connectivity index (χ1n) is 19.0. The molecule has 0 radical (unpaired) electrons. The third kappa shape index (κ3) is 9.40. The van der Waals surface area contributed by atoms with Crippen LogP contribution in [0.25, 0.3) is 43.6 Å². The number of likely N-dealkylation sites (N-methyl/N-ethyl adjacent to an activating group) is 2. The molecule has 0 saturated heterocycles. The fourth-order valence-electron chi connectivity index (χ4n) is 6.69. The number of benzene rings is 4. The van der Waals surface area contributed by atoms with E-state index in [-0.39, 0.29) is 11.8 Å². The number of hydrogen-bond acceptors (Lipinski definition) is 9. The van der Waals surface area contributed by atoms with Crippen LogP contribution in [0.3, 0.4) is 0 Å². The van der Waals surface area contributed by atoms with Gasteiger partial charge in [-0.3, -0.25) is 9.59 Å². The lowest BCUT2D eigenvalue weighted by Gasteiger charge is -2.16. The van der Waals surface area contributed by atoms with Crippen LogP contribution >= 0.6 is 0 Å². The molecule has 2 aromatic heterocycles. The van der Waals surface area contributed by atoms with Crippen LogP contribution in [0.15, 0.2) is 84.9 Å². The molecule has 282 valence electrons. The molecule has 0 fully saturated rings. The van der Waals surface area contributed by atoms with Crippen molar-refractivity contribution in [2.24, 2.45) is 0 Å². The lowest BCUT2D eigenvalue weighted by atomic mass is 10.0. The first kappa shape index (κ1) is 38.4. The fraction of sp³-hybridized carbons (Fsp3) is 0.349. The minimum Gasteiger partial charge on any atom is -0.384 e. The van der Waals surface area contributed by atoms with Gasteiger partial charge in [0.25, 0.3) is 11.8 Å². The Bertz CT molecular complexity index is 2060. The average molecular weight is 728 g/mol. The van der Waals surface area contributed by atoms with Crippen molar-refractivity contribution in [2.75, 3.05) is 91.2 Å². The van der Waals surface area contributed by atoms with Gasteiger partial charge in [0.15, 0.2) is 0 Å². The Morgan fingerprint density at radius 3 is 1.43 bits per heavy atom. The predicted octanol–water partition coefficient (Wildman–Crippen LogP) is 5.96. The number of para-hydroxylation sites is 4. The van der Waals surface area contributed by atoms with Crippen LogP contribution < -0.4 is 26.6 Å². The van der Waals surface area contributed by atoms with Crippen LogP contribution in [-0.2, 0) is 0 Å². The van der Waals surface area contributed by atoms with Crippen LogP contribution in [0.1, 0.15) is 40.0 Å². The fourth-order valence-corrected chi connectivity index (χ4v) is 6.69. The molecule has 54 heavy (non-hydrogen) atoms. The Morgan fingerprint density at radius 1 is 0.500 bits per heavy atom. The monoisotopic (exact) mass is 727 g/mol. The van der Waals surface area contributed by atoms with Crippen molar-refractivity contribution < 1.29 is 9.59 Å². The van der Waals surface area contributed by atoms with Gasteiger partial charge in [-0.05, 0) is 84.8 Å². The molecule has 4 aromatic carbocycles. The summed E-state index contributed by atoms with van der Waals surface area (Å²) in [5.41, 5.74) is 6.36. The molecule has 0 atom stereocenters. The highest BCUT2D eigenvalue weighted by molar-refractivity contribution is 6.15. The number of amides is 2. The zero-order valence-electron chi connectivity index (χ0n) is 32.0. The summed E-state index contributed by atoms with van der Waals surface area (Å²) >= 11 is 0. The second-order valence-corrected chi connectivity index (χ2v) is 14.2. The van der Waals surface area contributed by atoms with E-state index in [1.54, 1.807) is 0 Å². The molecule has 0 aliphatic carbocycles. The SMILES string of the molecule is CN(C)CCNC(=O)c1cccc2c(NCCCCNCCCNc3c4ccccc4nc4c(C(=O)NCCN(C)C)cccc34)c3ccccc3nc12. The van der Waals surface area contributed by atoms with Crippen molar-refractivity contribution >= 4 is 66.8 Å². The molecule has 2 heterocycles. The first-order valence-corrected chi connectivity index (χ1v) is 19.0. The summed E-state index contributed by atoms with van der Waals surface area (Å²) in [7, 11) is 7.97. The van der Waals surface area contributed by atoms with Crippen molar-refractivity contribution in [1.29, 1.82) is 0 Å². The minimum absolute atomic E-state index is 0.107. The molecule has 0 spiro atoms. The summed E-state index contributed by atoms with van der Waals surface area (Å²) in [4.78, 5) is 40.2. The lowest BCUT2D eigenvalue weighted by molar-refractivity contribution is 0.0944. The van der Waals surface area contributed by atoms with Crippen molar-refractivity contribution in [3.8, 4) is 0 Å². The molecule has 0 unspecified atom stereocenters. The normalized spacial score (nSPS) is 11.6. The number of nitrogens with one attached hydrogen (secondary N) is 5. The largest absolute Gasteiger partial charge is 0.384 e. The quantitative estimate of drug-likeness (QED) is 0.0508. The molecule has 0 bridgehead atoms. The highest BCUT2D eigenvalue weighted by atomic mass is 16.2. The van der Waals surface area contributed by atoms with Crippen molar-refractivity contribution in [1.82, 2.24) is 35.7 Å². The number of nitrogens with zero attached hydrogens (tertiary/aromatic N) is 4. The third-order valence-corrected chi connectivity index (χ3v) is 9.51. The second-order valence-electron chi connectivity index (χ2n) is 14.2. The molecule has 11 heteroatoms. The number of hydrogen-bond donors (Lipinski definition) is 5. The van der Waals surface area contributed by atoms with Gasteiger partial charge in [-0.1, -0.05) is 60.7 Å². The van der Waals surface area contributed by atoms with E-state index in [0.29, 0.717) is 35.2 Å². The van der Waals surface area contributed by atoms with Crippen molar-refractivity contribution in [2.45, 2.75) is 19.3 Å². The Morgan fingerprint density at radius 2 is 0.926 bits per heavy atom. The number of fused-ring (bicyclic) bond motifs is 4. The van der Waals surface area contributed by atoms with Crippen LogP contribution in [0.5, 0.6) is 0 Å². The molecule has 0 aliphatic rings. The van der Waals surface area contributed by atoms with Gasteiger partial charge in [-0.25, -0.2) is 9.97 Å². The van der Waals surface area contributed by atoms with Crippen LogP contribution in [0, 0.1) is 0 Å². The number of anilines is 2. The Labute approximate surface area is 317 Å². The molecule has 5 N–H and O–H groups in total. The van der Waals surface area contributed by atoms with E-state index < -0.39 is 0 Å². The summed E-state index contributed by atoms with van der Waals surface area (Å²) in [6, 6.07) is 27.9. The van der Waals surface area contributed by atoms with E-state index in [9.17, 15) is 9.59 Å². The number of rotatable bonds is 19. The number of aromatic nitrogens is 2. The molecule has 0 aliphatic heterocycles. The number of unbranched alkanes of at least 4 members (excludes halogenated alkanes) is 1. The highest BCUT2D eigenvalue weighted by Crippen LogP contribution is 2.33. The van der Waals surface area contributed by atoms with E-state index in [1.807, 2.05) is 111 Å². The third-order valence-electron chi connectivity index (χ3n) is 9.51. The van der Waals surface area contributed by atoms with Gasteiger partial charge in [0.1, 0.15) is 0 Å². The van der Waals surface area contributed by atoms with Gasteiger partial charge in [0.05, 0.1) is 44.6 Å². The lowest BCUT2D eigenvalue weighted by Crippen LogP contribution is -2.31. The second kappa shape index (κ2) is 18.6. The molecule has 11 nitrogen and oxygen atoms in total. The van der Waals surface area contributed by atoms with E-state index in [1.165, 1.54) is 0 Å². The van der Waals surface area contributed by atoms with Crippen LogP contribution in [0.2, 0.25) is 0 Å². The maximum Gasteiger partial charge on any atom is 0.253 e. The molecular weight excluding hydrogens is 675 g/mol. The number of carbonyl (C=O) groups is 2. The Hall–Kier alpha value is -5.36. The maximum absolute atomic E-state index is 13.2. The van der Waals surface area contributed by atoms with Crippen molar-refractivity contribution in [3.05, 3.63) is 96.1 Å². The summed E-state index contributed by atoms with van der Waals surface area (Å²) in [5.74, 6) is -0.215. The smallest absolute Gasteiger partial charge is 0.253 e. The predicted molar refractivity (Wildman–Crippen MR) is 224 cm³/mol. The zero-order chi connectivity index (χ0) is 37.9. The van der Waals surface area contributed by atoms with Gasteiger partial charge in [0.2, 0.25) is 0 Å².